The monoisotopic (exact) mass is 304 g/mol. The Bertz CT molecular complexity index is 739. The van der Waals surface area contributed by atoms with E-state index in [9.17, 15) is 9.59 Å². The van der Waals surface area contributed by atoms with Crippen LogP contribution in [-0.2, 0) is 4.74 Å². The third-order valence-corrected chi connectivity index (χ3v) is 2.96. The van der Waals surface area contributed by atoms with Crippen LogP contribution in [0.1, 0.15) is 17.3 Å². The molecule has 1 heterocycles. The number of benzene rings is 1. The van der Waals surface area contributed by atoms with Crippen LogP contribution in [-0.4, -0.2) is 36.8 Å². The number of aromatic nitrogens is 2. The number of rotatable bonds is 5. The Morgan fingerprint density at radius 3 is 2.64 bits per heavy atom. The Kier molecular flexibility index (Phi) is 4.77. The van der Waals surface area contributed by atoms with Gasteiger partial charge < -0.3 is 19.2 Å². The molecule has 2 aromatic rings. The Morgan fingerprint density at radius 1 is 1.27 bits per heavy atom. The van der Waals surface area contributed by atoms with Crippen molar-refractivity contribution in [1.82, 2.24) is 9.97 Å². The molecule has 1 aromatic heterocycles. The summed E-state index contributed by atoms with van der Waals surface area (Å²) >= 11 is 0. The third-order valence-electron chi connectivity index (χ3n) is 2.96. The standard InChI is InChI=1S/C15H16N2O5/c1-4-22-15(19)11-8-16-13(17-14(11)18)10-7-9(20-2)5-6-12(10)21-3/h5-8H,4H2,1-3H3,(H,16,17,18). The van der Waals surface area contributed by atoms with Crippen molar-refractivity contribution in [1.29, 1.82) is 0 Å². The van der Waals surface area contributed by atoms with Gasteiger partial charge >= 0.3 is 5.97 Å². The number of ether oxygens (including phenoxy) is 3. The number of carbonyl (C=O) groups is 1. The van der Waals surface area contributed by atoms with E-state index in [1.165, 1.54) is 20.4 Å². The van der Waals surface area contributed by atoms with E-state index < -0.39 is 11.5 Å². The summed E-state index contributed by atoms with van der Waals surface area (Å²) in [5, 5.41) is 0. The molecule has 0 aliphatic carbocycles. The smallest absolute Gasteiger partial charge is 0.345 e. The molecule has 0 saturated heterocycles. The lowest BCUT2D eigenvalue weighted by atomic mass is 10.1. The predicted molar refractivity (Wildman–Crippen MR) is 79.4 cm³/mol. The highest BCUT2D eigenvalue weighted by molar-refractivity contribution is 5.88. The Hall–Kier alpha value is -2.83. The molecule has 0 amide bonds. The number of nitrogens with one attached hydrogen (secondary N) is 1. The van der Waals surface area contributed by atoms with Gasteiger partial charge in [0, 0.05) is 6.20 Å². The first kappa shape index (κ1) is 15.6. The van der Waals surface area contributed by atoms with Crippen molar-refractivity contribution in [3.63, 3.8) is 0 Å². The van der Waals surface area contributed by atoms with Crippen LogP contribution in [0.3, 0.4) is 0 Å². The number of carbonyl (C=O) groups excluding carboxylic acids is 1. The fourth-order valence-electron chi connectivity index (χ4n) is 1.89. The van der Waals surface area contributed by atoms with Crippen molar-refractivity contribution in [3.05, 3.63) is 40.3 Å². The minimum absolute atomic E-state index is 0.146. The lowest BCUT2D eigenvalue weighted by molar-refractivity contribution is 0.0524. The first-order valence-corrected chi connectivity index (χ1v) is 6.59. The number of aromatic amines is 1. The van der Waals surface area contributed by atoms with Gasteiger partial charge in [0.05, 0.1) is 26.4 Å². The molecule has 1 N–H and O–H groups in total. The molecular formula is C15H16N2O5. The second-order valence-corrected chi connectivity index (χ2v) is 4.26. The van der Waals surface area contributed by atoms with Crippen molar-refractivity contribution >= 4 is 5.97 Å². The van der Waals surface area contributed by atoms with Gasteiger partial charge in [-0.3, -0.25) is 4.79 Å². The zero-order valence-electron chi connectivity index (χ0n) is 12.5. The second-order valence-electron chi connectivity index (χ2n) is 4.26. The number of hydrogen-bond donors (Lipinski definition) is 1. The van der Waals surface area contributed by atoms with Crippen LogP contribution >= 0.6 is 0 Å². The van der Waals surface area contributed by atoms with Gasteiger partial charge in [-0.25, -0.2) is 9.78 Å². The van der Waals surface area contributed by atoms with Crippen LogP contribution in [0, 0.1) is 0 Å². The van der Waals surface area contributed by atoms with Crippen LogP contribution in [0.4, 0.5) is 0 Å². The van der Waals surface area contributed by atoms with Crippen molar-refractivity contribution in [2.75, 3.05) is 20.8 Å². The normalized spacial score (nSPS) is 10.1. The molecule has 7 heteroatoms. The van der Waals surface area contributed by atoms with E-state index in [1.807, 2.05) is 0 Å². The second kappa shape index (κ2) is 6.75. The highest BCUT2D eigenvalue weighted by Gasteiger charge is 2.15. The fraction of sp³-hybridized carbons (Fsp3) is 0.267. The number of hydrogen-bond acceptors (Lipinski definition) is 6. The number of esters is 1. The SMILES string of the molecule is CCOC(=O)c1cnc(-c2cc(OC)ccc2OC)[nH]c1=O. The maximum absolute atomic E-state index is 12.0. The molecule has 0 saturated carbocycles. The maximum atomic E-state index is 12.0. The Morgan fingerprint density at radius 2 is 2.05 bits per heavy atom. The summed E-state index contributed by atoms with van der Waals surface area (Å²) in [7, 11) is 3.04. The molecular weight excluding hydrogens is 288 g/mol. The lowest BCUT2D eigenvalue weighted by Crippen LogP contribution is -2.21. The van der Waals surface area contributed by atoms with Crippen LogP contribution < -0.4 is 15.0 Å². The molecule has 7 nitrogen and oxygen atoms in total. The molecule has 0 bridgehead atoms. The topological polar surface area (TPSA) is 90.5 Å². The van der Waals surface area contributed by atoms with Gasteiger partial charge in [0.2, 0.25) is 0 Å². The molecule has 0 atom stereocenters. The van der Waals surface area contributed by atoms with Crippen LogP contribution in [0.2, 0.25) is 0 Å². The molecule has 0 aliphatic rings. The summed E-state index contributed by atoms with van der Waals surface area (Å²) in [5.41, 5.74) is -0.171. The highest BCUT2D eigenvalue weighted by Crippen LogP contribution is 2.30. The maximum Gasteiger partial charge on any atom is 0.345 e. The van der Waals surface area contributed by atoms with E-state index in [0.29, 0.717) is 17.1 Å². The van der Waals surface area contributed by atoms with Gasteiger partial charge in [0.15, 0.2) is 0 Å². The van der Waals surface area contributed by atoms with Gasteiger partial charge in [0.25, 0.3) is 5.56 Å². The van der Waals surface area contributed by atoms with Crippen molar-refractivity contribution in [2.45, 2.75) is 6.92 Å². The molecule has 0 aliphatic heterocycles. The van der Waals surface area contributed by atoms with Crippen LogP contribution in [0.5, 0.6) is 11.5 Å². The molecule has 22 heavy (non-hydrogen) atoms. The summed E-state index contributed by atoms with van der Waals surface area (Å²) in [5.74, 6) is 0.676. The first-order valence-electron chi connectivity index (χ1n) is 6.59. The van der Waals surface area contributed by atoms with E-state index in [-0.39, 0.29) is 18.0 Å². The van der Waals surface area contributed by atoms with E-state index >= 15 is 0 Å². The van der Waals surface area contributed by atoms with Gasteiger partial charge in [-0.1, -0.05) is 0 Å². The molecule has 0 spiro atoms. The Labute approximate surface area is 126 Å². The molecule has 0 unspecified atom stereocenters. The van der Waals surface area contributed by atoms with Crippen molar-refractivity contribution in [3.8, 4) is 22.9 Å². The largest absolute Gasteiger partial charge is 0.497 e. The van der Waals surface area contributed by atoms with Crippen molar-refractivity contribution in [2.24, 2.45) is 0 Å². The number of H-pyrrole nitrogens is 1. The third kappa shape index (κ3) is 3.08. The molecule has 116 valence electrons. The minimum atomic E-state index is -0.708. The van der Waals surface area contributed by atoms with E-state index in [0.717, 1.165) is 0 Å². The van der Waals surface area contributed by atoms with Crippen LogP contribution in [0.25, 0.3) is 11.4 Å². The summed E-state index contributed by atoms with van der Waals surface area (Å²) in [6.07, 6.45) is 1.19. The van der Waals surface area contributed by atoms with Gasteiger partial charge in [-0.05, 0) is 25.1 Å². The van der Waals surface area contributed by atoms with Gasteiger partial charge in [-0.2, -0.15) is 0 Å². The fourth-order valence-corrected chi connectivity index (χ4v) is 1.89. The average Bonchev–Trinajstić information content (AvgIpc) is 2.54. The highest BCUT2D eigenvalue weighted by atomic mass is 16.5. The van der Waals surface area contributed by atoms with E-state index in [4.69, 9.17) is 14.2 Å². The molecule has 0 fully saturated rings. The van der Waals surface area contributed by atoms with Gasteiger partial charge in [-0.15, -0.1) is 0 Å². The minimum Gasteiger partial charge on any atom is -0.497 e. The zero-order valence-corrected chi connectivity index (χ0v) is 12.5. The zero-order chi connectivity index (χ0) is 16.1. The molecule has 2 rings (SSSR count). The number of methoxy groups -OCH3 is 2. The quantitative estimate of drug-likeness (QED) is 0.844. The van der Waals surface area contributed by atoms with E-state index in [2.05, 4.69) is 9.97 Å². The number of nitrogens with zero attached hydrogens (tertiary/aromatic N) is 1. The Balaban J connectivity index is 2.48. The lowest BCUT2D eigenvalue weighted by Gasteiger charge is -2.10. The molecule has 1 aromatic carbocycles. The molecule has 0 radical (unpaired) electrons. The van der Waals surface area contributed by atoms with E-state index in [1.54, 1.807) is 25.1 Å². The summed E-state index contributed by atoms with van der Waals surface area (Å²) in [4.78, 5) is 30.3. The average molecular weight is 304 g/mol. The summed E-state index contributed by atoms with van der Waals surface area (Å²) < 4.78 is 15.2. The van der Waals surface area contributed by atoms with Crippen LogP contribution in [0.15, 0.2) is 29.2 Å². The first-order chi connectivity index (χ1) is 10.6. The van der Waals surface area contributed by atoms with Gasteiger partial charge in [0.1, 0.15) is 22.9 Å². The summed E-state index contributed by atoms with van der Waals surface area (Å²) in [6.45, 7) is 1.85. The predicted octanol–water partition coefficient (Wildman–Crippen LogP) is 1.63. The van der Waals surface area contributed by atoms with Crippen molar-refractivity contribution < 1.29 is 19.0 Å². The summed E-state index contributed by atoms with van der Waals surface area (Å²) in [6, 6.07) is 5.11.